The third-order valence-corrected chi connectivity index (χ3v) is 2.48. The van der Waals surface area contributed by atoms with Crippen molar-refractivity contribution in [2.24, 2.45) is 0 Å². The summed E-state index contributed by atoms with van der Waals surface area (Å²) in [6.07, 6.45) is 0. The molecule has 0 spiro atoms. The Hall–Kier alpha value is -1.35. The lowest BCUT2D eigenvalue weighted by Gasteiger charge is -2.21. The summed E-state index contributed by atoms with van der Waals surface area (Å²) in [5.74, 6) is -0.195. The molecule has 0 radical (unpaired) electrons. The first-order valence-electron chi connectivity index (χ1n) is 5.86. The molecule has 0 atom stereocenters. The SMILES string of the molecule is C=C(CNC(C)C)CN(C)c1ccccc1F. The summed E-state index contributed by atoms with van der Waals surface area (Å²) in [7, 11) is 1.87. The Morgan fingerprint density at radius 1 is 1.41 bits per heavy atom. The molecule has 3 heteroatoms. The van der Waals surface area contributed by atoms with Gasteiger partial charge in [-0.15, -0.1) is 0 Å². The Kier molecular flexibility index (Phi) is 5.16. The second-order valence-electron chi connectivity index (χ2n) is 4.59. The molecule has 0 saturated carbocycles. The van der Waals surface area contributed by atoms with Crippen molar-refractivity contribution in [3.63, 3.8) is 0 Å². The molecule has 1 rings (SSSR count). The van der Waals surface area contributed by atoms with E-state index < -0.39 is 0 Å². The number of rotatable bonds is 6. The van der Waals surface area contributed by atoms with E-state index in [4.69, 9.17) is 0 Å². The monoisotopic (exact) mass is 236 g/mol. The van der Waals surface area contributed by atoms with E-state index in [0.717, 1.165) is 12.1 Å². The van der Waals surface area contributed by atoms with Crippen LogP contribution in [0.25, 0.3) is 0 Å². The van der Waals surface area contributed by atoms with Crippen LogP contribution in [0, 0.1) is 5.82 Å². The van der Waals surface area contributed by atoms with Gasteiger partial charge in [0.2, 0.25) is 0 Å². The molecule has 0 amide bonds. The van der Waals surface area contributed by atoms with Crippen LogP contribution in [0.1, 0.15) is 13.8 Å². The van der Waals surface area contributed by atoms with Gasteiger partial charge < -0.3 is 10.2 Å². The number of hydrogen-bond donors (Lipinski definition) is 1. The molecule has 0 aliphatic heterocycles. The minimum Gasteiger partial charge on any atom is -0.368 e. The molecule has 17 heavy (non-hydrogen) atoms. The maximum Gasteiger partial charge on any atom is 0.146 e. The van der Waals surface area contributed by atoms with Gasteiger partial charge in [0.25, 0.3) is 0 Å². The Balaban J connectivity index is 2.52. The van der Waals surface area contributed by atoms with Gasteiger partial charge in [-0.2, -0.15) is 0 Å². The van der Waals surface area contributed by atoms with Crippen LogP contribution >= 0.6 is 0 Å². The fourth-order valence-electron chi connectivity index (χ4n) is 1.59. The van der Waals surface area contributed by atoms with Gasteiger partial charge in [-0.25, -0.2) is 4.39 Å². The lowest BCUT2D eigenvalue weighted by Crippen LogP contribution is -2.29. The number of likely N-dealkylation sites (N-methyl/N-ethyl adjacent to an activating group) is 1. The van der Waals surface area contributed by atoms with Gasteiger partial charge in [0, 0.05) is 26.2 Å². The predicted octanol–water partition coefficient (Wildman–Crippen LogP) is 2.82. The molecule has 1 aromatic carbocycles. The molecule has 1 N–H and O–H groups in total. The minimum absolute atomic E-state index is 0.195. The van der Waals surface area contributed by atoms with Crippen LogP contribution in [-0.4, -0.2) is 26.2 Å². The summed E-state index contributed by atoms with van der Waals surface area (Å²) in [6.45, 7) is 9.59. The summed E-state index contributed by atoms with van der Waals surface area (Å²) in [4.78, 5) is 1.87. The normalized spacial score (nSPS) is 10.6. The molecule has 0 aliphatic carbocycles. The van der Waals surface area contributed by atoms with Crippen LogP contribution in [0.15, 0.2) is 36.4 Å². The Morgan fingerprint density at radius 2 is 2.06 bits per heavy atom. The van der Waals surface area contributed by atoms with Crippen LogP contribution < -0.4 is 10.2 Å². The first kappa shape index (κ1) is 13.7. The van der Waals surface area contributed by atoms with Crippen molar-refractivity contribution in [3.05, 3.63) is 42.2 Å². The molecule has 0 fully saturated rings. The van der Waals surface area contributed by atoms with Crippen LogP contribution in [0.4, 0.5) is 10.1 Å². The summed E-state index contributed by atoms with van der Waals surface area (Å²) < 4.78 is 13.5. The number of para-hydroxylation sites is 1. The van der Waals surface area contributed by atoms with Crippen molar-refractivity contribution in [1.29, 1.82) is 0 Å². The number of hydrogen-bond acceptors (Lipinski definition) is 2. The van der Waals surface area contributed by atoms with Crippen molar-refractivity contribution in [3.8, 4) is 0 Å². The van der Waals surface area contributed by atoms with E-state index in [9.17, 15) is 4.39 Å². The van der Waals surface area contributed by atoms with Crippen LogP contribution in [0.3, 0.4) is 0 Å². The number of nitrogens with zero attached hydrogens (tertiary/aromatic N) is 1. The van der Waals surface area contributed by atoms with Crippen molar-refractivity contribution in [2.45, 2.75) is 19.9 Å². The second kappa shape index (κ2) is 6.40. The zero-order valence-electron chi connectivity index (χ0n) is 10.8. The zero-order valence-corrected chi connectivity index (χ0v) is 10.8. The van der Waals surface area contributed by atoms with E-state index in [1.54, 1.807) is 12.1 Å². The first-order chi connectivity index (χ1) is 8.00. The van der Waals surface area contributed by atoms with Crippen molar-refractivity contribution < 1.29 is 4.39 Å². The van der Waals surface area contributed by atoms with E-state index in [2.05, 4.69) is 25.7 Å². The van der Waals surface area contributed by atoms with Gasteiger partial charge in [0.05, 0.1) is 5.69 Å². The minimum atomic E-state index is -0.195. The van der Waals surface area contributed by atoms with Crippen molar-refractivity contribution in [2.75, 3.05) is 25.0 Å². The third kappa shape index (κ3) is 4.57. The largest absolute Gasteiger partial charge is 0.368 e. The van der Waals surface area contributed by atoms with Crippen molar-refractivity contribution in [1.82, 2.24) is 5.32 Å². The highest BCUT2D eigenvalue weighted by Gasteiger charge is 2.07. The molecule has 0 bridgehead atoms. The van der Waals surface area contributed by atoms with Gasteiger partial charge in [-0.1, -0.05) is 32.6 Å². The van der Waals surface area contributed by atoms with Crippen LogP contribution in [0.2, 0.25) is 0 Å². The highest BCUT2D eigenvalue weighted by molar-refractivity contribution is 5.47. The van der Waals surface area contributed by atoms with E-state index in [-0.39, 0.29) is 5.82 Å². The number of benzene rings is 1. The molecule has 0 aliphatic rings. The van der Waals surface area contributed by atoms with Gasteiger partial charge in [-0.05, 0) is 17.7 Å². The molecule has 0 unspecified atom stereocenters. The standard InChI is InChI=1S/C14H21FN2/c1-11(2)16-9-12(3)10-17(4)14-8-6-5-7-13(14)15/h5-8,11,16H,3,9-10H2,1-2,4H3. The number of anilines is 1. The Labute approximate surface area is 103 Å². The van der Waals surface area contributed by atoms with E-state index >= 15 is 0 Å². The fraction of sp³-hybridized carbons (Fsp3) is 0.429. The summed E-state index contributed by atoms with van der Waals surface area (Å²) in [6, 6.07) is 7.22. The zero-order chi connectivity index (χ0) is 12.8. The van der Waals surface area contributed by atoms with Gasteiger partial charge in [0.15, 0.2) is 0 Å². The highest BCUT2D eigenvalue weighted by atomic mass is 19.1. The highest BCUT2D eigenvalue weighted by Crippen LogP contribution is 2.17. The maximum absolute atomic E-state index is 13.5. The summed E-state index contributed by atoms with van der Waals surface area (Å²) in [5.41, 5.74) is 1.66. The van der Waals surface area contributed by atoms with E-state index in [1.165, 1.54) is 6.07 Å². The lowest BCUT2D eigenvalue weighted by atomic mass is 10.2. The molecule has 2 nitrogen and oxygen atoms in total. The van der Waals surface area contributed by atoms with Gasteiger partial charge in [-0.3, -0.25) is 0 Å². The molecule has 1 aromatic rings. The van der Waals surface area contributed by atoms with Gasteiger partial charge >= 0.3 is 0 Å². The topological polar surface area (TPSA) is 15.3 Å². The fourth-order valence-corrected chi connectivity index (χ4v) is 1.59. The molecule has 0 saturated heterocycles. The predicted molar refractivity (Wildman–Crippen MR) is 71.9 cm³/mol. The van der Waals surface area contributed by atoms with Crippen LogP contribution in [-0.2, 0) is 0 Å². The molecule has 0 aromatic heterocycles. The van der Waals surface area contributed by atoms with Crippen LogP contribution in [0.5, 0.6) is 0 Å². The first-order valence-corrected chi connectivity index (χ1v) is 5.86. The number of halogens is 1. The summed E-state index contributed by atoms with van der Waals surface area (Å²) >= 11 is 0. The number of nitrogens with one attached hydrogen (secondary N) is 1. The Morgan fingerprint density at radius 3 is 2.65 bits per heavy atom. The second-order valence-corrected chi connectivity index (χ2v) is 4.59. The van der Waals surface area contributed by atoms with Gasteiger partial charge in [0.1, 0.15) is 5.82 Å². The maximum atomic E-state index is 13.5. The molecular formula is C14H21FN2. The van der Waals surface area contributed by atoms with Crippen molar-refractivity contribution >= 4 is 5.69 Å². The van der Waals surface area contributed by atoms with E-state index in [1.807, 2.05) is 18.0 Å². The van der Waals surface area contributed by atoms with E-state index in [0.29, 0.717) is 18.3 Å². The average molecular weight is 236 g/mol. The Bertz CT molecular complexity index is 374. The third-order valence-electron chi connectivity index (χ3n) is 2.48. The molecule has 0 heterocycles. The molecule has 94 valence electrons. The lowest BCUT2D eigenvalue weighted by molar-refractivity contribution is 0.611. The molecular weight excluding hydrogens is 215 g/mol. The smallest absolute Gasteiger partial charge is 0.146 e. The average Bonchev–Trinajstić information content (AvgIpc) is 2.26. The summed E-state index contributed by atoms with van der Waals surface area (Å²) in [5, 5.41) is 3.30. The quantitative estimate of drug-likeness (QED) is 0.764.